The van der Waals surface area contributed by atoms with Gasteiger partial charge in [-0.25, -0.2) is 4.98 Å². The molecule has 1 saturated carbocycles. The molecule has 0 spiro atoms. The molecule has 90 valence electrons. The molecule has 2 aromatic rings. The Labute approximate surface area is 102 Å². The first-order chi connectivity index (χ1) is 8.28. The molecule has 17 heavy (non-hydrogen) atoms. The average Bonchev–Trinajstić information content (AvgIpc) is 2.60. The number of fused-ring (bicyclic) bond motifs is 1. The molecule has 1 aromatic heterocycles. The number of nitrogen functional groups attached to an aromatic ring is 1. The van der Waals surface area contributed by atoms with Crippen LogP contribution in [0.2, 0.25) is 0 Å². The number of rotatable bonds is 3. The minimum atomic E-state index is 0.799. The Morgan fingerprint density at radius 1 is 1.41 bits per heavy atom. The predicted octanol–water partition coefficient (Wildman–Crippen LogP) is 2.98. The number of nitrogens with zero attached hydrogens (tertiary/aromatic N) is 2. The van der Waals surface area contributed by atoms with Crippen molar-refractivity contribution in [3.63, 3.8) is 0 Å². The van der Waals surface area contributed by atoms with Crippen LogP contribution in [0.15, 0.2) is 18.2 Å². The summed E-state index contributed by atoms with van der Waals surface area (Å²) in [5, 5.41) is 0. The van der Waals surface area contributed by atoms with E-state index in [1.807, 2.05) is 12.1 Å². The van der Waals surface area contributed by atoms with E-state index in [9.17, 15) is 0 Å². The molecule has 0 unspecified atom stereocenters. The van der Waals surface area contributed by atoms with Crippen molar-refractivity contribution in [3.8, 4) is 0 Å². The molecule has 2 N–H and O–H groups in total. The van der Waals surface area contributed by atoms with E-state index in [1.54, 1.807) is 0 Å². The quantitative estimate of drug-likeness (QED) is 0.822. The highest BCUT2D eigenvalue weighted by Gasteiger charge is 2.20. The molecule has 1 aliphatic rings. The fourth-order valence-corrected chi connectivity index (χ4v) is 2.60. The van der Waals surface area contributed by atoms with E-state index in [1.165, 1.54) is 30.6 Å². The molecule has 3 heteroatoms. The molecule has 3 nitrogen and oxygen atoms in total. The zero-order valence-corrected chi connectivity index (χ0v) is 10.3. The van der Waals surface area contributed by atoms with E-state index in [0.717, 1.165) is 30.1 Å². The maximum Gasteiger partial charge on any atom is 0.109 e. The van der Waals surface area contributed by atoms with Gasteiger partial charge in [-0.1, -0.05) is 13.3 Å². The number of nitrogens with two attached hydrogens (primary N) is 1. The summed E-state index contributed by atoms with van der Waals surface area (Å²) in [6, 6.07) is 6.06. The lowest BCUT2D eigenvalue weighted by Gasteiger charge is -2.26. The van der Waals surface area contributed by atoms with Crippen LogP contribution in [0.1, 0.15) is 32.0 Å². The standard InChI is InChI=1S/C14H19N3/c1-2-14-16-12-8-11(15)6-7-13(12)17(14)9-10-4-3-5-10/h6-8,10H,2-5,9,15H2,1H3. The van der Waals surface area contributed by atoms with Crippen molar-refractivity contribution in [1.29, 1.82) is 0 Å². The monoisotopic (exact) mass is 229 g/mol. The maximum absolute atomic E-state index is 5.81. The first-order valence-corrected chi connectivity index (χ1v) is 6.52. The van der Waals surface area contributed by atoms with Crippen LogP contribution in [0.4, 0.5) is 5.69 Å². The Morgan fingerprint density at radius 3 is 2.88 bits per heavy atom. The molecule has 0 bridgehead atoms. The van der Waals surface area contributed by atoms with E-state index in [2.05, 4.69) is 22.5 Å². The van der Waals surface area contributed by atoms with E-state index in [-0.39, 0.29) is 0 Å². The Morgan fingerprint density at radius 2 is 2.24 bits per heavy atom. The molecule has 0 radical (unpaired) electrons. The molecule has 1 fully saturated rings. The second kappa shape index (κ2) is 4.06. The van der Waals surface area contributed by atoms with Crippen LogP contribution in [0.25, 0.3) is 11.0 Å². The van der Waals surface area contributed by atoms with Crippen molar-refractivity contribution in [2.75, 3.05) is 5.73 Å². The minimum Gasteiger partial charge on any atom is -0.399 e. The van der Waals surface area contributed by atoms with E-state index >= 15 is 0 Å². The van der Waals surface area contributed by atoms with Gasteiger partial charge in [0.2, 0.25) is 0 Å². The Bertz CT molecular complexity index is 538. The molecule has 3 rings (SSSR count). The van der Waals surface area contributed by atoms with Gasteiger partial charge in [0.25, 0.3) is 0 Å². The molecular formula is C14H19N3. The summed E-state index contributed by atoms with van der Waals surface area (Å²) in [6.45, 7) is 3.30. The summed E-state index contributed by atoms with van der Waals surface area (Å²) in [4.78, 5) is 4.69. The Kier molecular flexibility index (Phi) is 2.54. The van der Waals surface area contributed by atoms with E-state index in [0.29, 0.717) is 0 Å². The molecule has 1 aromatic carbocycles. The van der Waals surface area contributed by atoms with Gasteiger partial charge in [-0.2, -0.15) is 0 Å². The minimum absolute atomic E-state index is 0.799. The zero-order valence-electron chi connectivity index (χ0n) is 10.3. The highest BCUT2D eigenvalue weighted by atomic mass is 15.1. The Hall–Kier alpha value is -1.51. The molecule has 0 saturated heterocycles. The van der Waals surface area contributed by atoms with Crippen molar-refractivity contribution in [2.24, 2.45) is 5.92 Å². The van der Waals surface area contributed by atoms with Crippen LogP contribution in [0.3, 0.4) is 0 Å². The van der Waals surface area contributed by atoms with Gasteiger partial charge in [0.1, 0.15) is 5.82 Å². The second-order valence-corrected chi connectivity index (χ2v) is 5.04. The number of imidazole rings is 1. The molecule has 0 amide bonds. The first-order valence-electron chi connectivity index (χ1n) is 6.52. The van der Waals surface area contributed by atoms with Gasteiger partial charge in [0.05, 0.1) is 11.0 Å². The number of aryl methyl sites for hydroxylation is 1. The third kappa shape index (κ3) is 1.79. The Balaban J connectivity index is 2.05. The number of hydrogen-bond acceptors (Lipinski definition) is 2. The van der Waals surface area contributed by atoms with Crippen molar-refractivity contribution in [1.82, 2.24) is 9.55 Å². The second-order valence-electron chi connectivity index (χ2n) is 5.04. The molecule has 0 aliphatic heterocycles. The van der Waals surface area contributed by atoms with Crippen molar-refractivity contribution < 1.29 is 0 Å². The van der Waals surface area contributed by atoms with Gasteiger partial charge in [-0.15, -0.1) is 0 Å². The lowest BCUT2D eigenvalue weighted by Crippen LogP contribution is -2.19. The summed E-state index contributed by atoms with van der Waals surface area (Å²) in [7, 11) is 0. The van der Waals surface area contributed by atoms with Crippen LogP contribution in [0, 0.1) is 5.92 Å². The van der Waals surface area contributed by atoms with Crippen LogP contribution >= 0.6 is 0 Å². The molecular weight excluding hydrogens is 210 g/mol. The van der Waals surface area contributed by atoms with Gasteiger partial charge in [-0.3, -0.25) is 0 Å². The average molecular weight is 229 g/mol. The predicted molar refractivity (Wildman–Crippen MR) is 70.9 cm³/mol. The van der Waals surface area contributed by atoms with Gasteiger partial charge >= 0.3 is 0 Å². The van der Waals surface area contributed by atoms with Gasteiger partial charge in [-0.05, 0) is 37.0 Å². The number of hydrogen-bond donors (Lipinski definition) is 1. The summed E-state index contributed by atoms with van der Waals surface area (Å²) in [6.07, 6.45) is 5.13. The molecule has 1 heterocycles. The van der Waals surface area contributed by atoms with Gasteiger partial charge < -0.3 is 10.3 Å². The van der Waals surface area contributed by atoms with Crippen LogP contribution in [0.5, 0.6) is 0 Å². The van der Waals surface area contributed by atoms with Crippen molar-refractivity contribution in [3.05, 3.63) is 24.0 Å². The SMILES string of the molecule is CCc1nc2cc(N)ccc2n1CC1CCC1. The van der Waals surface area contributed by atoms with E-state index in [4.69, 9.17) is 5.73 Å². The summed E-state index contributed by atoms with van der Waals surface area (Å²) < 4.78 is 2.39. The van der Waals surface area contributed by atoms with Crippen molar-refractivity contribution >= 4 is 16.7 Å². The van der Waals surface area contributed by atoms with Gasteiger partial charge in [0.15, 0.2) is 0 Å². The van der Waals surface area contributed by atoms with E-state index < -0.39 is 0 Å². The molecule has 0 atom stereocenters. The fraction of sp³-hybridized carbons (Fsp3) is 0.500. The topological polar surface area (TPSA) is 43.8 Å². The van der Waals surface area contributed by atoms with Crippen molar-refractivity contribution in [2.45, 2.75) is 39.2 Å². The highest BCUT2D eigenvalue weighted by molar-refractivity contribution is 5.79. The van der Waals surface area contributed by atoms with Crippen LogP contribution < -0.4 is 5.73 Å². The van der Waals surface area contributed by atoms with Crippen LogP contribution in [-0.4, -0.2) is 9.55 Å². The largest absolute Gasteiger partial charge is 0.399 e. The lowest BCUT2D eigenvalue weighted by molar-refractivity contribution is 0.277. The summed E-state index contributed by atoms with van der Waals surface area (Å²) in [5.74, 6) is 2.05. The number of anilines is 1. The van der Waals surface area contributed by atoms with Crippen LogP contribution in [-0.2, 0) is 13.0 Å². The number of benzene rings is 1. The lowest BCUT2D eigenvalue weighted by atomic mass is 9.85. The normalized spacial score (nSPS) is 16.3. The third-order valence-corrected chi connectivity index (χ3v) is 3.83. The first kappa shape index (κ1) is 10.6. The fourth-order valence-electron chi connectivity index (χ4n) is 2.60. The third-order valence-electron chi connectivity index (χ3n) is 3.83. The molecule has 1 aliphatic carbocycles. The highest BCUT2D eigenvalue weighted by Crippen LogP contribution is 2.30. The summed E-state index contributed by atoms with van der Waals surface area (Å²) in [5.41, 5.74) is 8.90. The summed E-state index contributed by atoms with van der Waals surface area (Å²) >= 11 is 0. The van der Waals surface area contributed by atoms with Gasteiger partial charge in [0, 0.05) is 18.7 Å². The number of aromatic nitrogens is 2. The maximum atomic E-state index is 5.81. The zero-order chi connectivity index (χ0) is 11.8. The smallest absolute Gasteiger partial charge is 0.109 e.